The van der Waals surface area contributed by atoms with Crippen molar-refractivity contribution in [3.8, 4) is 0 Å². The van der Waals surface area contributed by atoms with Gasteiger partial charge >= 0.3 is 15.6 Å². The molecule has 0 N–H and O–H groups in total. The summed E-state index contributed by atoms with van der Waals surface area (Å²) in [6.07, 6.45) is 2.15. The number of halogens is 3. The lowest BCUT2D eigenvalue weighted by molar-refractivity contribution is -0.172. The van der Waals surface area contributed by atoms with Crippen LogP contribution < -0.4 is 0 Å². The Morgan fingerprint density at radius 3 is 2.79 bits per heavy atom. The van der Waals surface area contributed by atoms with Gasteiger partial charge in [-0.1, -0.05) is 0 Å². The summed E-state index contributed by atoms with van der Waals surface area (Å²) in [5.41, 5.74) is -6.12. The average Bonchev–Trinajstić information content (AvgIpc) is 2.27. The lowest BCUT2D eigenvalue weighted by atomic mass is 9.88. The van der Waals surface area contributed by atoms with Gasteiger partial charge in [0, 0.05) is 19.1 Å². The zero-order chi connectivity index (χ0) is 14.3. The van der Waals surface area contributed by atoms with Crippen LogP contribution in [0.25, 0.3) is 0 Å². The average molecular weight is 302 g/mol. The number of rotatable bonds is 2. The molecule has 2 heterocycles. The summed E-state index contributed by atoms with van der Waals surface area (Å²) < 4.78 is 72.9. The summed E-state index contributed by atoms with van der Waals surface area (Å²) in [6.45, 7) is 2.31. The minimum atomic E-state index is -5.69. The van der Waals surface area contributed by atoms with Gasteiger partial charge in [-0.2, -0.15) is 21.6 Å². The first-order chi connectivity index (χ1) is 8.64. The van der Waals surface area contributed by atoms with Crippen LogP contribution in [-0.2, 0) is 23.8 Å². The first kappa shape index (κ1) is 14.4. The molecule has 1 saturated heterocycles. The van der Waals surface area contributed by atoms with Crippen LogP contribution in [0.4, 0.5) is 13.2 Å². The second kappa shape index (κ2) is 4.55. The zero-order valence-corrected chi connectivity index (χ0v) is 10.9. The van der Waals surface area contributed by atoms with Crippen molar-refractivity contribution in [1.82, 2.24) is 0 Å². The van der Waals surface area contributed by atoms with Gasteiger partial charge in [0.25, 0.3) is 5.95 Å². The molecule has 110 valence electrons. The molecule has 1 fully saturated rings. The number of hydrogen-bond donors (Lipinski definition) is 0. The molecule has 0 radical (unpaired) electrons. The van der Waals surface area contributed by atoms with Gasteiger partial charge < -0.3 is 13.7 Å². The minimum Gasteiger partial charge on any atom is -0.458 e. The molecule has 0 aromatic carbocycles. The summed E-state index contributed by atoms with van der Waals surface area (Å²) in [5, 5.41) is 0. The smallest absolute Gasteiger partial charge is 0.458 e. The monoisotopic (exact) mass is 302 g/mol. The normalized spacial score (nSPS) is 32.0. The SMILES string of the molecule is C[C@]12CC=C(OS(=O)(=O)C(F)(F)F)O[C@@H]1CCCO2. The van der Waals surface area contributed by atoms with E-state index in [0.29, 0.717) is 19.4 Å². The molecular formula is C10H13F3O5S. The van der Waals surface area contributed by atoms with Gasteiger partial charge in [0.1, 0.15) is 11.7 Å². The summed E-state index contributed by atoms with van der Waals surface area (Å²) in [4.78, 5) is 0. The molecule has 2 aliphatic rings. The van der Waals surface area contributed by atoms with Crippen molar-refractivity contribution in [3.63, 3.8) is 0 Å². The molecule has 2 aliphatic heterocycles. The first-order valence-electron chi connectivity index (χ1n) is 5.66. The van der Waals surface area contributed by atoms with Gasteiger partial charge in [-0.05, 0) is 19.8 Å². The molecule has 0 amide bonds. The van der Waals surface area contributed by atoms with E-state index < -0.39 is 33.3 Å². The fraction of sp³-hybridized carbons (Fsp3) is 0.800. The van der Waals surface area contributed by atoms with E-state index in [4.69, 9.17) is 9.47 Å². The highest BCUT2D eigenvalue weighted by molar-refractivity contribution is 7.87. The Morgan fingerprint density at radius 1 is 1.47 bits per heavy atom. The van der Waals surface area contributed by atoms with Crippen LogP contribution in [-0.4, -0.2) is 32.2 Å². The highest BCUT2D eigenvalue weighted by Crippen LogP contribution is 2.38. The molecule has 19 heavy (non-hydrogen) atoms. The zero-order valence-electron chi connectivity index (χ0n) is 10.1. The summed E-state index contributed by atoms with van der Waals surface area (Å²) in [5.74, 6) is -0.634. The van der Waals surface area contributed by atoms with Crippen LogP contribution in [0.15, 0.2) is 12.0 Å². The van der Waals surface area contributed by atoms with E-state index in [0.717, 1.165) is 6.08 Å². The van der Waals surface area contributed by atoms with Crippen molar-refractivity contribution in [2.45, 2.75) is 43.4 Å². The number of hydrogen-bond acceptors (Lipinski definition) is 5. The topological polar surface area (TPSA) is 61.8 Å². The summed E-state index contributed by atoms with van der Waals surface area (Å²) >= 11 is 0. The number of fused-ring (bicyclic) bond motifs is 1. The molecule has 5 nitrogen and oxygen atoms in total. The lowest BCUT2D eigenvalue weighted by Gasteiger charge is -2.42. The Labute approximate surface area is 108 Å². The fourth-order valence-electron chi connectivity index (χ4n) is 2.03. The van der Waals surface area contributed by atoms with Gasteiger partial charge in [0.05, 0.1) is 0 Å². The van der Waals surface area contributed by atoms with Gasteiger partial charge in [-0.3, -0.25) is 0 Å². The third-order valence-corrected chi connectivity index (χ3v) is 4.08. The Hall–Kier alpha value is -0.960. The molecule has 0 aromatic heterocycles. The van der Waals surface area contributed by atoms with Crippen LogP contribution in [0.2, 0.25) is 0 Å². The van der Waals surface area contributed by atoms with Gasteiger partial charge in [-0.15, -0.1) is 0 Å². The van der Waals surface area contributed by atoms with Crippen LogP contribution >= 0.6 is 0 Å². The van der Waals surface area contributed by atoms with Crippen LogP contribution in [0.3, 0.4) is 0 Å². The molecule has 0 saturated carbocycles. The number of alkyl halides is 3. The molecule has 2 rings (SSSR count). The molecule has 2 atom stereocenters. The van der Waals surface area contributed by atoms with Crippen LogP contribution in [0.1, 0.15) is 26.2 Å². The van der Waals surface area contributed by atoms with E-state index in [1.807, 2.05) is 0 Å². The Kier molecular flexibility index (Phi) is 3.46. The van der Waals surface area contributed by atoms with E-state index in [1.54, 1.807) is 6.92 Å². The fourth-order valence-corrected chi connectivity index (χ4v) is 2.45. The maximum Gasteiger partial charge on any atom is 0.534 e. The number of ether oxygens (including phenoxy) is 2. The highest BCUT2D eigenvalue weighted by Gasteiger charge is 2.50. The highest BCUT2D eigenvalue weighted by atomic mass is 32.2. The summed E-state index contributed by atoms with van der Waals surface area (Å²) in [6, 6.07) is 0. The van der Waals surface area contributed by atoms with E-state index in [1.165, 1.54) is 0 Å². The third-order valence-electron chi connectivity index (χ3n) is 3.13. The Balaban J connectivity index is 2.12. The third kappa shape index (κ3) is 2.81. The van der Waals surface area contributed by atoms with Crippen molar-refractivity contribution < 1.29 is 35.2 Å². The quantitative estimate of drug-likeness (QED) is 0.577. The minimum absolute atomic E-state index is 0.236. The Bertz CT molecular complexity index is 484. The summed E-state index contributed by atoms with van der Waals surface area (Å²) in [7, 11) is -5.69. The first-order valence-corrected chi connectivity index (χ1v) is 7.06. The van der Waals surface area contributed by atoms with E-state index >= 15 is 0 Å². The largest absolute Gasteiger partial charge is 0.534 e. The second-order valence-corrected chi connectivity index (χ2v) is 6.16. The predicted molar refractivity (Wildman–Crippen MR) is 57.2 cm³/mol. The molecule has 0 spiro atoms. The van der Waals surface area contributed by atoms with Gasteiger partial charge in [-0.25, -0.2) is 0 Å². The maximum atomic E-state index is 12.2. The van der Waals surface area contributed by atoms with E-state index in [2.05, 4.69) is 4.18 Å². The van der Waals surface area contributed by atoms with Crippen molar-refractivity contribution in [1.29, 1.82) is 0 Å². The van der Waals surface area contributed by atoms with Crippen molar-refractivity contribution in [2.75, 3.05) is 6.61 Å². The van der Waals surface area contributed by atoms with Crippen molar-refractivity contribution in [3.05, 3.63) is 12.0 Å². The van der Waals surface area contributed by atoms with Crippen molar-refractivity contribution >= 4 is 10.1 Å². The molecule has 0 bridgehead atoms. The van der Waals surface area contributed by atoms with Crippen LogP contribution in [0, 0.1) is 0 Å². The standard InChI is InChI=1S/C10H13F3O5S/c1-9-5-4-8(17-7(9)3-2-6-16-9)18-19(14,15)10(11,12)13/h4,7H,2-3,5-6H2,1H3/t7-,9+/m1/s1. The van der Waals surface area contributed by atoms with Crippen molar-refractivity contribution in [2.24, 2.45) is 0 Å². The molecule has 0 unspecified atom stereocenters. The molecule has 0 aliphatic carbocycles. The lowest BCUT2D eigenvalue weighted by Crippen LogP contribution is -2.49. The van der Waals surface area contributed by atoms with Gasteiger partial charge in [0.2, 0.25) is 0 Å². The molecule has 9 heteroatoms. The predicted octanol–water partition coefficient (Wildman–Crippen LogP) is 2.05. The van der Waals surface area contributed by atoms with E-state index in [9.17, 15) is 21.6 Å². The van der Waals surface area contributed by atoms with E-state index in [-0.39, 0.29) is 6.42 Å². The Morgan fingerprint density at radius 2 is 2.16 bits per heavy atom. The maximum absolute atomic E-state index is 12.2. The molecule has 0 aromatic rings. The molecular weight excluding hydrogens is 289 g/mol. The van der Waals surface area contributed by atoms with Crippen LogP contribution in [0.5, 0.6) is 0 Å². The second-order valence-electron chi connectivity index (χ2n) is 4.62. The van der Waals surface area contributed by atoms with Gasteiger partial charge in [0.15, 0.2) is 0 Å².